The Bertz CT molecular complexity index is 838. The highest BCUT2D eigenvalue weighted by Gasteiger charge is 1.95. The van der Waals surface area contributed by atoms with Crippen LogP contribution in [-0.2, 0) is 0 Å². The molecule has 4 rings (SSSR count). The smallest absolute Gasteiger partial charge is 0.0406 e. The van der Waals surface area contributed by atoms with Gasteiger partial charge in [0.25, 0.3) is 0 Å². The van der Waals surface area contributed by atoms with Crippen molar-refractivity contribution in [2.24, 2.45) is 0 Å². The Morgan fingerprint density at radius 2 is 0.593 bits per heavy atom. The second kappa shape index (κ2) is 10.5. The van der Waals surface area contributed by atoms with Gasteiger partial charge >= 0.3 is 0 Å². The van der Waals surface area contributed by atoms with Crippen LogP contribution in [0.15, 0.2) is 109 Å². The molecule has 0 saturated carbocycles. The molecule has 136 valence electrons. The zero-order chi connectivity index (χ0) is 18.2. The van der Waals surface area contributed by atoms with Gasteiger partial charge < -0.3 is 5.48 Å². The molecule has 3 heteroatoms. The van der Waals surface area contributed by atoms with E-state index in [1.165, 1.54) is 22.3 Å². The van der Waals surface area contributed by atoms with Crippen LogP contribution in [0.1, 0.15) is 0 Å². The third-order valence-electron chi connectivity index (χ3n) is 3.90. The minimum atomic E-state index is 0. The quantitative estimate of drug-likeness (QED) is 0.344. The Labute approximate surface area is 170 Å². The molecule has 0 aliphatic carbocycles. The zero-order valence-electron chi connectivity index (χ0n) is 14.6. The van der Waals surface area contributed by atoms with Crippen LogP contribution >= 0.6 is 23.2 Å². The fourth-order valence-corrected chi connectivity index (χ4v) is 2.80. The second-order valence-electron chi connectivity index (χ2n) is 5.75. The van der Waals surface area contributed by atoms with Crippen molar-refractivity contribution in [2.75, 3.05) is 0 Å². The van der Waals surface area contributed by atoms with Crippen molar-refractivity contribution in [2.45, 2.75) is 0 Å². The molecule has 0 bridgehead atoms. The van der Waals surface area contributed by atoms with Crippen molar-refractivity contribution in [1.29, 1.82) is 0 Å². The largest absolute Gasteiger partial charge is 0.412 e. The molecular weight excluding hydrogens is 375 g/mol. The molecule has 0 fully saturated rings. The molecule has 4 aromatic carbocycles. The van der Waals surface area contributed by atoms with Crippen molar-refractivity contribution >= 4 is 23.2 Å². The van der Waals surface area contributed by atoms with Gasteiger partial charge in [-0.15, -0.1) is 0 Å². The van der Waals surface area contributed by atoms with Gasteiger partial charge in [-0.2, -0.15) is 0 Å². The van der Waals surface area contributed by atoms with Crippen LogP contribution in [0.4, 0.5) is 0 Å². The zero-order valence-corrected chi connectivity index (χ0v) is 16.2. The molecular formula is C24H20Cl2O. The van der Waals surface area contributed by atoms with Crippen LogP contribution in [0.25, 0.3) is 22.3 Å². The Morgan fingerprint density at radius 1 is 0.333 bits per heavy atom. The number of halogens is 2. The maximum atomic E-state index is 5.80. The highest BCUT2D eigenvalue weighted by Crippen LogP contribution is 2.21. The first-order chi connectivity index (χ1) is 12.7. The van der Waals surface area contributed by atoms with E-state index in [2.05, 4.69) is 24.3 Å². The van der Waals surface area contributed by atoms with E-state index < -0.39 is 0 Å². The van der Waals surface area contributed by atoms with Crippen LogP contribution in [0.2, 0.25) is 10.0 Å². The molecule has 0 heterocycles. The van der Waals surface area contributed by atoms with Gasteiger partial charge in [-0.05, 0) is 46.5 Å². The summed E-state index contributed by atoms with van der Waals surface area (Å²) in [6, 6.07) is 36.2. The molecule has 0 amide bonds. The van der Waals surface area contributed by atoms with Gasteiger partial charge in [0.2, 0.25) is 0 Å². The van der Waals surface area contributed by atoms with Crippen LogP contribution in [0.3, 0.4) is 0 Å². The SMILES string of the molecule is Clc1ccc(-c2ccccc2)cc1.Clc1ccc(-c2ccccc2)cc1.O. The van der Waals surface area contributed by atoms with Gasteiger partial charge in [-0.3, -0.25) is 0 Å². The van der Waals surface area contributed by atoms with Gasteiger partial charge in [0, 0.05) is 10.0 Å². The van der Waals surface area contributed by atoms with Crippen molar-refractivity contribution in [1.82, 2.24) is 0 Å². The van der Waals surface area contributed by atoms with Crippen molar-refractivity contribution in [3.8, 4) is 22.3 Å². The maximum absolute atomic E-state index is 5.80. The van der Waals surface area contributed by atoms with Gasteiger partial charge in [0.05, 0.1) is 0 Å². The highest BCUT2D eigenvalue weighted by atomic mass is 35.5. The third kappa shape index (κ3) is 6.26. The van der Waals surface area contributed by atoms with E-state index in [0.29, 0.717) is 0 Å². The normalized spacial score (nSPS) is 9.56. The van der Waals surface area contributed by atoms with E-state index in [9.17, 15) is 0 Å². The lowest BCUT2D eigenvalue weighted by molar-refractivity contribution is 0.824. The summed E-state index contributed by atoms with van der Waals surface area (Å²) in [5.41, 5.74) is 4.84. The predicted molar refractivity (Wildman–Crippen MR) is 117 cm³/mol. The van der Waals surface area contributed by atoms with E-state index in [4.69, 9.17) is 23.2 Å². The third-order valence-corrected chi connectivity index (χ3v) is 4.41. The standard InChI is InChI=1S/2C12H9Cl.H2O/c2*13-12-8-6-11(7-9-12)10-4-2-1-3-5-10;/h2*1-9H;1H2. The molecule has 0 saturated heterocycles. The molecule has 0 aliphatic rings. The highest BCUT2D eigenvalue weighted by molar-refractivity contribution is 6.30. The Hall–Kier alpha value is -2.58. The molecule has 0 spiro atoms. The van der Waals surface area contributed by atoms with E-state index in [0.717, 1.165) is 10.0 Å². The lowest BCUT2D eigenvalue weighted by Crippen LogP contribution is -1.74. The summed E-state index contributed by atoms with van der Waals surface area (Å²) in [4.78, 5) is 0. The lowest BCUT2D eigenvalue weighted by atomic mass is 10.1. The summed E-state index contributed by atoms with van der Waals surface area (Å²) in [5.74, 6) is 0. The fourth-order valence-electron chi connectivity index (χ4n) is 2.55. The lowest BCUT2D eigenvalue weighted by Gasteiger charge is -2.00. The number of hydrogen-bond donors (Lipinski definition) is 0. The molecule has 0 radical (unpaired) electrons. The average Bonchev–Trinajstić information content (AvgIpc) is 2.71. The molecule has 0 aromatic heterocycles. The molecule has 0 aliphatic heterocycles. The van der Waals surface area contributed by atoms with E-state index in [-0.39, 0.29) is 5.48 Å². The minimum absolute atomic E-state index is 0. The van der Waals surface area contributed by atoms with Crippen LogP contribution in [0.5, 0.6) is 0 Å². The van der Waals surface area contributed by atoms with Gasteiger partial charge in [0.1, 0.15) is 0 Å². The first kappa shape index (κ1) is 20.7. The summed E-state index contributed by atoms with van der Waals surface area (Å²) >= 11 is 11.6. The Morgan fingerprint density at radius 3 is 0.889 bits per heavy atom. The van der Waals surface area contributed by atoms with Gasteiger partial charge in [-0.1, -0.05) is 108 Å². The molecule has 0 atom stereocenters. The predicted octanol–water partition coefficient (Wildman–Crippen LogP) is 7.19. The van der Waals surface area contributed by atoms with Crippen molar-refractivity contribution in [3.05, 3.63) is 119 Å². The van der Waals surface area contributed by atoms with Crippen LogP contribution in [0, 0.1) is 0 Å². The number of rotatable bonds is 2. The molecule has 2 N–H and O–H groups in total. The topological polar surface area (TPSA) is 31.5 Å². The molecule has 1 nitrogen and oxygen atoms in total. The summed E-state index contributed by atoms with van der Waals surface area (Å²) in [7, 11) is 0. The maximum Gasteiger partial charge on any atom is 0.0406 e. The monoisotopic (exact) mass is 394 g/mol. The Kier molecular flexibility index (Phi) is 8.09. The van der Waals surface area contributed by atoms with Gasteiger partial charge in [-0.25, -0.2) is 0 Å². The van der Waals surface area contributed by atoms with E-state index in [1.54, 1.807) is 0 Å². The first-order valence-corrected chi connectivity index (χ1v) is 9.10. The molecule has 4 aromatic rings. The summed E-state index contributed by atoms with van der Waals surface area (Å²) < 4.78 is 0. The Balaban J connectivity index is 0.000000187. The summed E-state index contributed by atoms with van der Waals surface area (Å²) in [5, 5.41) is 1.55. The minimum Gasteiger partial charge on any atom is -0.412 e. The summed E-state index contributed by atoms with van der Waals surface area (Å²) in [6.45, 7) is 0. The van der Waals surface area contributed by atoms with Gasteiger partial charge in [0.15, 0.2) is 0 Å². The number of benzene rings is 4. The number of hydrogen-bond acceptors (Lipinski definition) is 0. The average molecular weight is 395 g/mol. The van der Waals surface area contributed by atoms with Crippen molar-refractivity contribution < 1.29 is 5.48 Å². The van der Waals surface area contributed by atoms with E-state index in [1.807, 2.05) is 84.9 Å². The fraction of sp³-hybridized carbons (Fsp3) is 0. The second-order valence-corrected chi connectivity index (χ2v) is 6.62. The first-order valence-electron chi connectivity index (χ1n) is 8.34. The van der Waals surface area contributed by atoms with Crippen LogP contribution in [-0.4, -0.2) is 5.48 Å². The van der Waals surface area contributed by atoms with Crippen LogP contribution < -0.4 is 0 Å². The molecule has 0 unspecified atom stereocenters. The summed E-state index contributed by atoms with van der Waals surface area (Å²) in [6.07, 6.45) is 0. The van der Waals surface area contributed by atoms with Crippen molar-refractivity contribution in [3.63, 3.8) is 0 Å². The van der Waals surface area contributed by atoms with E-state index >= 15 is 0 Å². The molecule has 27 heavy (non-hydrogen) atoms.